The molecule has 2 aromatic carbocycles. The van der Waals surface area contributed by atoms with Crippen LogP contribution in [-0.4, -0.2) is 16.1 Å². The monoisotopic (exact) mass is 378 g/mol. The van der Waals surface area contributed by atoms with Crippen molar-refractivity contribution in [3.63, 3.8) is 0 Å². The molecule has 2 N–H and O–H groups in total. The van der Waals surface area contributed by atoms with Crippen molar-refractivity contribution in [2.75, 3.05) is 10.6 Å². The normalized spacial score (nSPS) is 10.5. The molecule has 0 saturated heterocycles. The molecule has 0 radical (unpaired) electrons. The Hall–Kier alpha value is -3.13. The zero-order chi connectivity index (χ0) is 18.7. The van der Waals surface area contributed by atoms with E-state index >= 15 is 0 Å². The van der Waals surface area contributed by atoms with Gasteiger partial charge in [0.1, 0.15) is 17.5 Å². The van der Waals surface area contributed by atoms with Crippen LogP contribution in [0.3, 0.4) is 0 Å². The molecule has 0 saturated carbocycles. The van der Waals surface area contributed by atoms with Gasteiger partial charge in [0.2, 0.25) is 0 Å². The second kappa shape index (κ2) is 7.40. The number of hydrogen-bond acceptors (Lipinski definition) is 4. The molecule has 3 aromatic rings. The van der Waals surface area contributed by atoms with Crippen molar-refractivity contribution < 1.29 is 18.0 Å². The first-order valence-corrected chi connectivity index (χ1v) is 7.63. The van der Waals surface area contributed by atoms with Gasteiger partial charge in [0.05, 0.1) is 16.3 Å². The molecule has 26 heavy (non-hydrogen) atoms. The maximum Gasteiger partial charge on any atom is 0.261 e. The second-order valence-corrected chi connectivity index (χ2v) is 5.51. The zero-order valence-corrected chi connectivity index (χ0v) is 13.7. The molecule has 5 nitrogen and oxygen atoms in total. The summed E-state index contributed by atoms with van der Waals surface area (Å²) in [5.41, 5.74) is -0.304. The summed E-state index contributed by atoms with van der Waals surface area (Å²) in [6.07, 6.45) is 0. The van der Waals surface area contributed by atoms with Gasteiger partial charge >= 0.3 is 0 Å². The summed E-state index contributed by atoms with van der Waals surface area (Å²) >= 11 is 5.82. The summed E-state index contributed by atoms with van der Waals surface area (Å²) in [7, 11) is 0. The van der Waals surface area contributed by atoms with Gasteiger partial charge in [-0.2, -0.15) is 0 Å². The van der Waals surface area contributed by atoms with Crippen LogP contribution in [0.5, 0.6) is 0 Å². The average molecular weight is 379 g/mol. The number of nitrogens with one attached hydrogen (secondary N) is 2. The van der Waals surface area contributed by atoms with Gasteiger partial charge in [-0.25, -0.2) is 13.2 Å². The van der Waals surface area contributed by atoms with Crippen molar-refractivity contribution in [1.29, 1.82) is 0 Å². The summed E-state index contributed by atoms with van der Waals surface area (Å²) in [6.45, 7) is 0. The van der Waals surface area contributed by atoms with Crippen LogP contribution in [0.4, 0.5) is 30.5 Å². The summed E-state index contributed by atoms with van der Waals surface area (Å²) in [5, 5.41) is 12.4. The molecular formula is C17H10ClF3N4O. The number of nitrogens with zero attached hydrogens (tertiary/aromatic N) is 2. The van der Waals surface area contributed by atoms with Crippen molar-refractivity contribution in [2.24, 2.45) is 0 Å². The van der Waals surface area contributed by atoms with Gasteiger partial charge in [-0.1, -0.05) is 17.7 Å². The van der Waals surface area contributed by atoms with Gasteiger partial charge < -0.3 is 10.6 Å². The first kappa shape index (κ1) is 17.7. The van der Waals surface area contributed by atoms with E-state index in [1.807, 2.05) is 0 Å². The molecule has 1 aromatic heterocycles. The van der Waals surface area contributed by atoms with E-state index in [9.17, 15) is 18.0 Å². The lowest BCUT2D eigenvalue weighted by atomic mass is 10.2. The van der Waals surface area contributed by atoms with Crippen molar-refractivity contribution >= 4 is 34.8 Å². The molecule has 0 bridgehead atoms. The van der Waals surface area contributed by atoms with Crippen LogP contribution >= 0.6 is 11.6 Å². The van der Waals surface area contributed by atoms with E-state index < -0.39 is 23.4 Å². The maximum absolute atomic E-state index is 13.7. The quantitative estimate of drug-likeness (QED) is 0.699. The van der Waals surface area contributed by atoms with Crippen LogP contribution in [0.1, 0.15) is 10.4 Å². The van der Waals surface area contributed by atoms with Crippen LogP contribution in [0.15, 0.2) is 48.5 Å². The Morgan fingerprint density at radius 2 is 1.65 bits per heavy atom. The molecule has 0 aliphatic heterocycles. The van der Waals surface area contributed by atoms with Gasteiger partial charge in [-0.15, -0.1) is 10.2 Å². The lowest BCUT2D eigenvalue weighted by Crippen LogP contribution is -2.15. The number of carbonyl (C=O) groups excluding carboxylic acids is 1. The Morgan fingerprint density at radius 3 is 2.31 bits per heavy atom. The van der Waals surface area contributed by atoms with E-state index in [2.05, 4.69) is 20.8 Å². The van der Waals surface area contributed by atoms with Crippen LogP contribution in [0.25, 0.3) is 0 Å². The summed E-state index contributed by atoms with van der Waals surface area (Å²) < 4.78 is 40.2. The summed E-state index contributed by atoms with van der Waals surface area (Å²) in [6, 6.07) is 9.68. The van der Waals surface area contributed by atoms with E-state index in [1.54, 1.807) is 0 Å². The first-order valence-electron chi connectivity index (χ1n) is 7.25. The zero-order valence-electron chi connectivity index (χ0n) is 12.9. The molecule has 0 aliphatic carbocycles. The van der Waals surface area contributed by atoms with Crippen LogP contribution < -0.4 is 10.6 Å². The third kappa shape index (κ3) is 3.92. The molecule has 0 fully saturated rings. The Bertz CT molecular complexity index is 946. The number of hydrogen-bond donors (Lipinski definition) is 2. The van der Waals surface area contributed by atoms with E-state index in [-0.39, 0.29) is 27.9 Å². The largest absolute Gasteiger partial charge is 0.336 e. The summed E-state index contributed by atoms with van der Waals surface area (Å²) in [4.78, 5) is 12.1. The lowest BCUT2D eigenvalue weighted by molar-refractivity contribution is 0.102. The van der Waals surface area contributed by atoms with E-state index in [0.29, 0.717) is 0 Å². The van der Waals surface area contributed by atoms with E-state index in [1.165, 1.54) is 30.3 Å². The number of benzene rings is 2. The highest BCUT2D eigenvalue weighted by atomic mass is 35.5. The maximum atomic E-state index is 13.7. The average Bonchev–Trinajstić information content (AvgIpc) is 2.59. The highest BCUT2D eigenvalue weighted by molar-refractivity contribution is 6.34. The van der Waals surface area contributed by atoms with Crippen molar-refractivity contribution in [1.82, 2.24) is 10.2 Å². The molecule has 0 atom stereocenters. The number of anilines is 3. The first-order chi connectivity index (χ1) is 12.4. The fraction of sp³-hybridized carbons (Fsp3) is 0. The topological polar surface area (TPSA) is 66.9 Å². The van der Waals surface area contributed by atoms with Crippen molar-refractivity contribution in [2.45, 2.75) is 0 Å². The number of carbonyl (C=O) groups is 1. The molecule has 1 amide bonds. The van der Waals surface area contributed by atoms with Gasteiger partial charge in [-0.3, -0.25) is 4.79 Å². The third-order valence-electron chi connectivity index (χ3n) is 3.29. The van der Waals surface area contributed by atoms with Gasteiger partial charge in [0, 0.05) is 6.07 Å². The molecule has 0 spiro atoms. The fourth-order valence-electron chi connectivity index (χ4n) is 2.09. The highest BCUT2D eigenvalue weighted by Gasteiger charge is 2.16. The highest BCUT2D eigenvalue weighted by Crippen LogP contribution is 2.21. The molecule has 132 valence electrons. The Kier molecular flexibility index (Phi) is 5.04. The molecule has 9 heteroatoms. The minimum absolute atomic E-state index is 0.00984. The van der Waals surface area contributed by atoms with Gasteiger partial charge in [0.15, 0.2) is 11.6 Å². The SMILES string of the molecule is O=C(Nc1ccc(Nc2ccc(F)cc2F)nn1)c1c(F)cccc1Cl. The third-order valence-corrected chi connectivity index (χ3v) is 3.60. The lowest BCUT2D eigenvalue weighted by Gasteiger charge is -2.08. The van der Waals surface area contributed by atoms with Crippen LogP contribution in [0, 0.1) is 17.5 Å². The second-order valence-electron chi connectivity index (χ2n) is 5.10. The van der Waals surface area contributed by atoms with Crippen LogP contribution in [0.2, 0.25) is 5.02 Å². The fourth-order valence-corrected chi connectivity index (χ4v) is 2.34. The number of aromatic nitrogens is 2. The summed E-state index contributed by atoms with van der Waals surface area (Å²) in [5.74, 6) is -2.85. The number of rotatable bonds is 4. The van der Waals surface area contributed by atoms with Crippen molar-refractivity contribution in [3.05, 3.63) is 76.6 Å². The Morgan fingerprint density at radius 1 is 0.923 bits per heavy atom. The predicted molar refractivity (Wildman–Crippen MR) is 91.0 cm³/mol. The number of halogens is 4. The molecule has 1 heterocycles. The Labute approximate surface area is 150 Å². The molecule has 0 unspecified atom stereocenters. The molecule has 0 aliphatic rings. The molecule has 3 rings (SSSR count). The minimum Gasteiger partial charge on any atom is -0.336 e. The minimum atomic E-state index is -0.793. The standard InChI is InChI=1S/C17H10ClF3N4O/c18-10-2-1-3-11(20)16(10)17(26)23-15-7-6-14(24-25-15)22-13-5-4-9(19)8-12(13)21/h1-8H,(H,22,24)(H,23,25,26). The smallest absolute Gasteiger partial charge is 0.261 e. The predicted octanol–water partition coefficient (Wildman–Crippen LogP) is 4.54. The number of amides is 1. The van der Waals surface area contributed by atoms with E-state index in [0.717, 1.165) is 18.2 Å². The Balaban J connectivity index is 1.72. The van der Waals surface area contributed by atoms with Gasteiger partial charge in [0.25, 0.3) is 5.91 Å². The molecular weight excluding hydrogens is 369 g/mol. The van der Waals surface area contributed by atoms with Gasteiger partial charge in [-0.05, 0) is 36.4 Å². The van der Waals surface area contributed by atoms with E-state index in [4.69, 9.17) is 11.6 Å². The van der Waals surface area contributed by atoms with Crippen molar-refractivity contribution in [3.8, 4) is 0 Å². The van der Waals surface area contributed by atoms with Crippen LogP contribution in [-0.2, 0) is 0 Å².